The number of nitrogens with zero attached hydrogens (tertiary/aromatic N) is 1. The zero-order valence-corrected chi connectivity index (χ0v) is 11.3. The van der Waals surface area contributed by atoms with Gasteiger partial charge in [0.25, 0.3) is 0 Å². The molecule has 0 radical (unpaired) electrons. The molecule has 19 heavy (non-hydrogen) atoms. The Bertz CT molecular complexity index is 472. The Kier molecular flexibility index (Phi) is 3.56. The summed E-state index contributed by atoms with van der Waals surface area (Å²) in [5.41, 5.74) is 8.46. The smallest absolute Gasteiger partial charge is 0.221 e. The van der Waals surface area contributed by atoms with E-state index in [9.17, 15) is 4.79 Å². The van der Waals surface area contributed by atoms with Gasteiger partial charge in [-0.2, -0.15) is 0 Å². The molecule has 102 valence electrons. The van der Waals surface area contributed by atoms with E-state index in [4.69, 9.17) is 5.73 Å². The molecule has 2 aliphatic rings. The van der Waals surface area contributed by atoms with Gasteiger partial charge in [0.1, 0.15) is 0 Å². The summed E-state index contributed by atoms with van der Waals surface area (Å²) in [6.07, 6.45) is 5.57. The Hall–Kier alpha value is -1.35. The molecule has 3 nitrogen and oxygen atoms in total. The second kappa shape index (κ2) is 5.33. The first kappa shape index (κ1) is 12.7. The van der Waals surface area contributed by atoms with Crippen molar-refractivity contribution in [1.29, 1.82) is 0 Å². The second-order valence-corrected chi connectivity index (χ2v) is 5.90. The van der Waals surface area contributed by atoms with E-state index in [1.165, 1.54) is 24.0 Å². The lowest BCUT2D eigenvalue weighted by molar-refractivity contribution is -0.123. The fourth-order valence-electron chi connectivity index (χ4n) is 3.56. The third kappa shape index (κ3) is 2.66. The van der Waals surface area contributed by atoms with Crippen LogP contribution in [0.15, 0.2) is 24.3 Å². The number of amides is 1. The predicted octanol–water partition coefficient (Wildman–Crippen LogP) is 1.74. The normalized spacial score (nSPS) is 27.8. The zero-order valence-electron chi connectivity index (χ0n) is 11.3. The molecule has 1 aromatic rings. The largest absolute Gasteiger partial charge is 0.369 e. The summed E-state index contributed by atoms with van der Waals surface area (Å²) in [5, 5.41) is 0. The van der Waals surface area contributed by atoms with Crippen LogP contribution in [0.4, 0.5) is 0 Å². The van der Waals surface area contributed by atoms with Crippen LogP contribution in [0.2, 0.25) is 0 Å². The molecule has 2 atom stereocenters. The van der Waals surface area contributed by atoms with Crippen molar-refractivity contribution in [1.82, 2.24) is 4.90 Å². The highest BCUT2D eigenvalue weighted by Gasteiger charge is 2.30. The van der Waals surface area contributed by atoms with Crippen molar-refractivity contribution >= 4 is 5.91 Å². The minimum absolute atomic E-state index is 0.0610. The van der Waals surface area contributed by atoms with Crippen LogP contribution < -0.4 is 5.73 Å². The first-order valence-corrected chi connectivity index (χ1v) is 7.34. The third-order valence-corrected chi connectivity index (χ3v) is 4.69. The van der Waals surface area contributed by atoms with Gasteiger partial charge in [0, 0.05) is 12.6 Å². The fraction of sp³-hybridized carbons (Fsp3) is 0.562. The maximum atomic E-state index is 11.4. The predicted molar refractivity (Wildman–Crippen MR) is 75.7 cm³/mol. The molecule has 0 aromatic heterocycles. The SMILES string of the molecule is NC(=O)C1CCCN(C2CCc3ccccc3C2)C1. The fourth-order valence-corrected chi connectivity index (χ4v) is 3.56. The van der Waals surface area contributed by atoms with Crippen LogP contribution in [0, 0.1) is 5.92 Å². The van der Waals surface area contributed by atoms with E-state index in [1.54, 1.807) is 0 Å². The summed E-state index contributed by atoms with van der Waals surface area (Å²) >= 11 is 0. The first-order chi connectivity index (χ1) is 9.24. The van der Waals surface area contributed by atoms with Gasteiger partial charge >= 0.3 is 0 Å². The Balaban J connectivity index is 1.69. The van der Waals surface area contributed by atoms with Gasteiger partial charge < -0.3 is 5.73 Å². The summed E-state index contributed by atoms with van der Waals surface area (Å²) < 4.78 is 0. The number of hydrogen-bond acceptors (Lipinski definition) is 2. The number of aryl methyl sites for hydroxylation is 1. The highest BCUT2D eigenvalue weighted by molar-refractivity contribution is 5.76. The van der Waals surface area contributed by atoms with Gasteiger partial charge in [-0.3, -0.25) is 9.69 Å². The summed E-state index contributed by atoms with van der Waals surface area (Å²) in [7, 11) is 0. The lowest BCUT2D eigenvalue weighted by Gasteiger charge is -2.39. The number of fused-ring (bicyclic) bond motifs is 1. The van der Waals surface area contributed by atoms with Crippen molar-refractivity contribution in [2.45, 2.75) is 38.1 Å². The number of likely N-dealkylation sites (tertiary alicyclic amines) is 1. The monoisotopic (exact) mass is 258 g/mol. The summed E-state index contributed by atoms with van der Waals surface area (Å²) in [6, 6.07) is 9.34. The average molecular weight is 258 g/mol. The van der Waals surface area contributed by atoms with Crippen LogP contribution in [-0.2, 0) is 17.6 Å². The van der Waals surface area contributed by atoms with E-state index in [2.05, 4.69) is 29.2 Å². The van der Waals surface area contributed by atoms with Crippen molar-refractivity contribution < 1.29 is 4.79 Å². The lowest BCUT2D eigenvalue weighted by Crippen LogP contribution is -2.47. The number of benzene rings is 1. The molecule has 1 aliphatic carbocycles. The van der Waals surface area contributed by atoms with Crippen LogP contribution in [0.25, 0.3) is 0 Å². The van der Waals surface area contributed by atoms with Gasteiger partial charge in [-0.15, -0.1) is 0 Å². The van der Waals surface area contributed by atoms with E-state index >= 15 is 0 Å². The standard InChI is InChI=1S/C16H22N2O/c17-16(19)14-6-3-9-18(11-14)15-8-7-12-4-1-2-5-13(12)10-15/h1-2,4-5,14-15H,3,6-11H2,(H2,17,19). The number of carbonyl (C=O) groups is 1. The topological polar surface area (TPSA) is 46.3 Å². The van der Waals surface area contributed by atoms with E-state index < -0.39 is 0 Å². The van der Waals surface area contributed by atoms with Gasteiger partial charge in [0.2, 0.25) is 5.91 Å². The van der Waals surface area contributed by atoms with Crippen LogP contribution in [0.3, 0.4) is 0 Å². The summed E-state index contributed by atoms with van der Waals surface area (Å²) in [5.74, 6) is -0.0631. The van der Waals surface area contributed by atoms with Gasteiger partial charge in [0.15, 0.2) is 0 Å². The third-order valence-electron chi connectivity index (χ3n) is 4.69. The van der Waals surface area contributed by atoms with E-state index in [0.29, 0.717) is 6.04 Å². The van der Waals surface area contributed by atoms with Crippen molar-refractivity contribution in [3.05, 3.63) is 35.4 Å². The molecule has 3 heteroatoms. The molecule has 2 N–H and O–H groups in total. The van der Waals surface area contributed by atoms with Gasteiger partial charge in [-0.25, -0.2) is 0 Å². The molecular weight excluding hydrogens is 236 g/mol. The molecule has 1 saturated heterocycles. The average Bonchev–Trinajstić information content (AvgIpc) is 2.47. The highest BCUT2D eigenvalue weighted by atomic mass is 16.1. The number of hydrogen-bond donors (Lipinski definition) is 1. The summed E-state index contributed by atoms with van der Waals surface area (Å²) in [4.78, 5) is 13.9. The minimum Gasteiger partial charge on any atom is -0.369 e. The summed E-state index contributed by atoms with van der Waals surface area (Å²) in [6.45, 7) is 1.98. The molecule has 1 aromatic carbocycles. The maximum absolute atomic E-state index is 11.4. The number of piperidine rings is 1. The molecule has 1 heterocycles. The van der Waals surface area contributed by atoms with Gasteiger partial charge in [-0.05, 0) is 49.8 Å². The molecule has 0 saturated carbocycles. The molecule has 0 bridgehead atoms. The van der Waals surface area contributed by atoms with Crippen molar-refractivity contribution in [2.75, 3.05) is 13.1 Å². The Morgan fingerprint density at radius 1 is 1.21 bits per heavy atom. The number of nitrogens with two attached hydrogens (primary N) is 1. The Labute approximate surface area is 114 Å². The number of primary amides is 1. The van der Waals surface area contributed by atoms with Crippen molar-refractivity contribution in [2.24, 2.45) is 11.7 Å². The van der Waals surface area contributed by atoms with Crippen molar-refractivity contribution in [3.63, 3.8) is 0 Å². The minimum atomic E-state index is -0.124. The van der Waals surface area contributed by atoms with Gasteiger partial charge in [0.05, 0.1) is 5.92 Å². The van der Waals surface area contributed by atoms with E-state index in [0.717, 1.165) is 32.4 Å². The zero-order chi connectivity index (χ0) is 13.2. The van der Waals surface area contributed by atoms with Crippen LogP contribution in [-0.4, -0.2) is 29.9 Å². The molecule has 1 aliphatic heterocycles. The first-order valence-electron chi connectivity index (χ1n) is 7.34. The maximum Gasteiger partial charge on any atom is 0.221 e. The number of carbonyl (C=O) groups excluding carboxylic acids is 1. The van der Waals surface area contributed by atoms with E-state index in [1.807, 2.05) is 0 Å². The quantitative estimate of drug-likeness (QED) is 0.878. The van der Waals surface area contributed by atoms with Crippen LogP contribution in [0.1, 0.15) is 30.4 Å². The van der Waals surface area contributed by atoms with Crippen LogP contribution in [0.5, 0.6) is 0 Å². The Morgan fingerprint density at radius 3 is 2.79 bits per heavy atom. The molecule has 1 amide bonds. The Morgan fingerprint density at radius 2 is 2.00 bits per heavy atom. The molecule has 3 rings (SSSR count). The molecule has 1 fully saturated rings. The van der Waals surface area contributed by atoms with E-state index in [-0.39, 0.29) is 11.8 Å². The molecule has 2 unspecified atom stereocenters. The molecule has 0 spiro atoms. The highest BCUT2D eigenvalue weighted by Crippen LogP contribution is 2.27. The molecular formula is C16H22N2O. The van der Waals surface area contributed by atoms with Crippen LogP contribution >= 0.6 is 0 Å². The van der Waals surface area contributed by atoms with Crippen molar-refractivity contribution in [3.8, 4) is 0 Å². The lowest BCUT2D eigenvalue weighted by atomic mass is 9.85. The number of rotatable bonds is 2. The van der Waals surface area contributed by atoms with Gasteiger partial charge in [-0.1, -0.05) is 24.3 Å². The second-order valence-electron chi connectivity index (χ2n) is 5.90.